The molecule has 0 bridgehead atoms. The third-order valence-corrected chi connectivity index (χ3v) is 5.29. The molecule has 0 aromatic heterocycles. The highest BCUT2D eigenvalue weighted by Crippen LogP contribution is 2.37. The second-order valence-corrected chi connectivity index (χ2v) is 7.46. The molecule has 6 nitrogen and oxygen atoms in total. The average molecular weight is 433 g/mol. The molecule has 2 aliphatic rings. The standard InChI is InChI=1S/C24H17ClN2O4/c25-16-6-9-18(10-7-16)27-23(28)21(15-4-2-1-3-5-15)22(24(27)29)26-17-8-11-19-20(14-17)31-13-12-30-19/h1-11,14,26H,12-13H2. The number of carbonyl (C=O) groups excluding carboxylic acids is 2. The first-order valence-electron chi connectivity index (χ1n) is 9.72. The van der Waals surface area contributed by atoms with Crippen LogP contribution in [-0.4, -0.2) is 25.0 Å². The first kappa shape index (κ1) is 19.2. The summed E-state index contributed by atoms with van der Waals surface area (Å²) in [6.07, 6.45) is 0. The van der Waals surface area contributed by atoms with E-state index in [1.54, 1.807) is 54.6 Å². The zero-order valence-electron chi connectivity index (χ0n) is 16.3. The third-order valence-electron chi connectivity index (χ3n) is 5.04. The van der Waals surface area contributed by atoms with Gasteiger partial charge in [-0.2, -0.15) is 0 Å². The zero-order valence-corrected chi connectivity index (χ0v) is 17.1. The monoisotopic (exact) mass is 432 g/mol. The molecular formula is C24H17ClN2O4. The van der Waals surface area contributed by atoms with Crippen LogP contribution in [0.3, 0.4) is 0 Å². The summed E-state index contributed by atoms with van der Waals surface area (Å²) >= 11 is 5.98. The van der Waals surface area contributed by atoms with Crippen molar-refractivity contribution in [2.45, 2.75) is 0 Å². The molecule has 7 heteroatoms. The van der Waals surface area contributed by atoms with Crippen molar-refractivity contribution < 1.29 is 19.1 Å². The van der Waals surface area contributed by atoms with E-state index in [0.29, 0.717) is 52.2 Å². The molecule has 0 unspecified atom stereocenters. The number of amides is 2. The molecule has 0 fully saturated rings. The molecule has 1 N–H and O–H groups in total. The van der Waals surface area contributed by atoms with Gasteiger partial charge in [0.2, 0.25) is 0 Å². The molecule has 2 amide bonds. The molecule has 0 saturated carbocycles. The maximum atomic E-state index is 13.4. The van der Waals surface area contributed by atoms with Crippen LogP contribution in [0.4, 0.5) is 11.4 Å². The number of hydrogen-bond acceptors (Lipinski definition) is 5. The van der Waals surface area contributed by atoms with Crippen molar-refractivity contribution in [1.29, 1.82) is 0 Å². The van der Waals surface area contributed by atoms with Gasteiger partial charge in [0.15, 0.2) is 11.5 Å². The molecule has 0 atom stereocenters. The SMILES string of the molecule is O=C1C(Nc2ccc3c(c2)OCCO3)=C(c2ccccc2)C(=O)N1c1ccc(Cl)cc1. The fraction of sp³-hybridized carbons (Fsp3) is 0.0833. The summed E-state index contributed by atoms with van der Waals surface area (Å²) in [5, 5.41) is 3.66. The maximum Gasteiger partial charge on any atom is 0.282 e. The van der Waals surface area contributed by atoms with E-state index < -0.39 is 11.8 Å². The number of anilines is 2. The van der Waals surface area contributed by atoms with Crippen LogP contribution in [0, 0.1) is 0 Å². The van der Waals surface area contributed by atoms with Crippen molar-refractivity contribution in [3.63, 3.8) is 0 Å². The molecule has 31 heavy (non-hydrogen) atoms. The first-order valence-corrected chi connectivity index (χ1v) is 10.1. The molecule has 2 aliphatic heterocycles. The maximum absolute atomic E-state index is 13.4. The summed E-state index contributed by atoms with van der Waals surface area (Å²) in [5.41, 5.74) is 2.22. The Labute approximate surface area is 183 Å². The predicted molar refractivity (Wildman–Crippen MR) is 118 cm³/mol. The fourth-order valence-corrected chi connectivity index (χ4v) is 3.73. The molecule has 3 aromatic rings. The van der Waals surface area contributed by atoms with Crippen molar-refractivity contribution in [2.75, 3.05) is 23.4 Å². The minimum absolute atomic E-state index is 0.197. The lowest BCUT2D eigenvalue weighted by Gasteiger charge is -2.19. The Balaban J connectivity index is 1.57. The third kappa shape index (κ3) is 3.51. The quantitative estimate of drug-likeness (QED) is 0.614. The van der Waals surface area contributed by atoms with Gasteiger partial charge in [-0.25, -0.2) is 4.90 Å². The molecule has 0 spiro atoms. The lowest BCUT2D eigenvalue weighted by Crippen LogP contribution is -2.32. The van der Waals surface area contributed by atoms with Gasteiger partial charge < -0.3 is 14.8 Å². The number of benzene rings is 3. The molecular weight excluding hydrogens is 416 g/mol. The Hall–Kier alpha value is -3.77. The van der Waals surface area contributed by atoms with Crippen LogP contribution in [0.1, 0.15) is 5.56 Å². The minimum atomic E-state index is -0.443. The van der Waals surface area contributed by atoms with Crippen LogP contribution in [0.2, 0.25) is 5.02 Å². The van der Waals surface area contributed by atoms with Gasteiger partial charge in [-0.05, 0) is 42.0 Å². The van der Waals surface area contributed by atoms with Crippen molar-refractivity contribution in [2.24, 2.45) is 0 Å². The Kier molecular flexibility index (Phi) is 4.84. The van der Waals surface area contributed by atoms with Crippen LogP contribution in [0.5, 0.6) is 11.5 Å². The first-order chi connectivity index (χ1) is 15.1. The number of carbonyl (C=O) groups is 2. The Morgan fingerprint density at radius 2 is 1.52 bits per heavy atom. The number of nitrogens with zero attached hydrogens (tertiary/aromatic N) is 1. The molecule has 0 aliphatic carbocycles. The van der Waals surface area contributed by atoms with E-state index in [9.17, 15) is 9.59 Å². The second kappa shape index (κ2) is 7.81. The number of hydrogen-bond donors (Lipinski definition) is 1. The van der Waals surface area contributed by atoms with Crippen molar-refractivity contribution in [1.82, 2.24) is 0 Å². The van der Waals surface area contributed by atoms with E-state index in [-0.39, 0.29) is 5.70 Å². The van der Waals surface area contributed by atoms with Crippen molar-refractivity contribution in [3.05, 3.63) is 89.1 Å². The normalized spacial score (nSPS) is 15.5. The number of rotatable bonds is 4. The van der Waals surface area contributed by atoms with Crippen LogP contribution in [-0.2, 0) is 9.59 Å². The summed E-state index contributed by atoms with van der Waals surface area (Å²) in [6.45, 7) is 0.947. The molecule has 5 rings (SSSR count). The highest BCUT2D eigenvalue weighted by Gasteiger charge is 2.40. The summed E-state index contributed by atoms with van der Waals surface area (Å²) in [4.78, 5) is 27.9. The number of halogens is 1. The van der Waals surface area contributed by atoms with Gasteiger partial charge >= 0.3 is 0 Å². The van der Waals surface area contributed by atoms with Gasteiger partial charge in [-0.15, -0.1) is 0 Å². The Bertz CT molecular complexity index is 1210. The molecule has 0 saturated heterocycles. The van der Waals surface area contributed by atoms with E-state index >= 15 is 0 Å². The van der Waals surface area contributed by atoms with Gasteiger partial charge in [0, 0.05) is 16.8 Å². The second-order valence-electron chi connectivity index (χ2n) is 7.02. The van der Waals surface area contributed by atoms with E-state index in [4.69, 9.17) is 21.1 Å². The predicted octanol–water partition coefficient (Wildman–Crippen LogP) is 4.51. The lowest BCUT2D eigenvalue weighted by atomic mass is 10.0. The Morgan fingerprint density at radius 3 is 2.26 bits per heavy atom. The van der Waals surface area contributed by atoms with Gasteiger partial charge in [-0.3, -0.25) is 9.59 Å². The van der Waals surface area contributed by atoms with E-state index in [2.05, 4.69) is 5.32 Å². The van der Waals surface area contributed by atoms with E-state index in [1.165, 1.54) is 0 Å². The highest BCUT2D eigenvalue weighted by molar-refractivity contribution is 6.46. The van der Waals surface area contributed by atoms with Gasteiger partial charge in [0.1, 0.15) is 18.9 Å². The highest BCUT2D eigenvalue weighted by atomic mass is 35.5. The summed E-state index contributed by atoms with van der Waals surface area (Å²) in [5.74, 6) is 0.384. The summed E-state index contributed by atoms with van der Waals surface area (Å²) in [7, 11) is 0. The van der Waals surface area contributed by atoms with Gasteiger partial charge in [0.25, 0.3) is 11.8 Å². The fourth-order valence-electron chi connectivity index (χ4n) is 3.61. The van der Waals surface area contributed by atoms with Crippen molar-refractivity contribution in [3.8, 4) is 11.5 Å². The minimum Gasteiger partial charge on any atom is -0.486 e. The van der Waals surface area contributed by atoms with Crippen LogP contribution >= 0.6 is 11.6 Å². The number of fused-ring (bicyclic) bond motifs is 1. The number of nitrogens with one attached hydrogen (secondary N) is 1. The summed E-state index contributed by atoms with van der Waals surface area (Å²) < 4.78 is 11.2. The van der Waals surface area contributed by atoms with Crippen molar-refractivity contribution >= 4 is 40.4 Å². The lowest BCUT2D eigenvalue weighted by molar-refractivity contribution is -0.120. The van der Waals surface area contributed by atoms with Crippen LogP contribution in [0.25, 0.3) is 5.57 Å². The molecule has 3 aromatic carbocycles. The zero-order chi connectivity index (χ0) is 21.4. The molecule has 154 valence electrons. The topological polar surface area (TPSA) is 67.9 Å². The van der Waals surface area contributed by atoms with Crippen LogP contribution in [0.15, 0.2) is 78.5 Å². The van der Waals surface area contributed by atoms with E-state index in [0.717, 1.165) is 4.90 Å². The van der Waals surface area contributed by atoms with E-state index in [1.807, 2.05) is 18.2 Å². The Morgan fingerprint density at radius 1 is 0.806 bits per heavy atom. The van der Waals surface area contributed by atoms with Gasteiger partial charge in [0.05, 0.1) is 11.3 Å². The van der Waals surface area contributed by atoms with Crippen LogP contribution < -0.4 is 19.7 Å². The number of ether oxygens (including phenoxy) is 2. The largest absolute Gasteiger partial charge is 0.486 e. The smallest absolute Gasteiger partial charge is 0.282 e. The number of imide groups is 1. The molecule has 2 heterocycles. The average Bonchev–Trinajstić information content (AvgIpc) is 3.04. The summed E-state index contributed by atoms with van der Waals surface area (Å²) in [6, 6.07) is 21.0. The molecule has 0 radical (unpaired) electrons. The van der Waals surface area contributed by atoms with Gasteiger partial charge in [-0.1, -0.05) is 41.9 Å².